The molecule has 0 fully saturated rings. The van der Waals surface area contributed by atoms with E-state index in [1.807, 2.05) is 0 Å². The zero-order valence-electron chi connectivity index (χ0n) is 15.8. The standard InChI is InChI=1S/C22H36N2/c1-3-5-7-8-9-13-17-22-23(18-14-6-4-2)19-20-24(22)21-15-11-10-12-16-21/h10-12,15-16,19-20,22H,3-9,13-14,17-18H2,1-2H3. The summed E-state index contributed by atoms with van der Waals surface area (Å²) in [6, 6.07) is 10.8. The minimum absolute atomic E-state index is 0.510. The maximum atomic E-state index is 2.56. The lowest BCUT2D eigenvalue weighted by Gasteiger charge is -2.33. The molecule has 1 aromatic rings. The highest BCUT2D eigenvalue weighted by molar-refractivity contribution is 5.51. The van der Waals surface area contributed by atoms with Gasteiger partial charge in [-0.1, -0.05) is 77.0 Å². The number of rotatable bonds is 12. The largest absolute Gasteiger partial charge is 0.356 e. The first-order chi connectivity index (χ1) is 11.9. The summed E-state index contributed by atoms with van der Waals surface area (Å²) in [5.74, 6) is 0. The molecule has 2 rings (SSSR count). The van der Waals surface area contributed by atoms with Gasteiger partial charge >= 0.3 is 0 Å². The van der Waals surface area contributed by atoms with Crippen LogP contribution in [0.5, 0.6) is 0 Å². The van der Waals surface area contributed by atoms with Crippen molar-refractivity contribution in [1.29, 1.82) is 0 Å². The first-order valence-electron chi connectivity index (χ1n) is 10.1. The van der Waals surface area contributed by atoms with E-state index in [-0.39, 0.29) is 0 Å². The van der Waals surface area contributed by atoms with Crippen LogP contribution in [0.2, 0.25) is 0 Å². The fraction of sp³-hybridized carbons (Fsp3) is 0.636. The second-order valence-electron chi connectivity index (χ2n) is 7.02. The van der Waals surface area contributed by atoms with Crippen molar-refractivity contribution >= 4 is 5.69 Å². The molecule has 1 aliphatic rings. The highest BCUT2D eigenvalue weighted by atomic mass is 15.4. The number of hydrogen-bond acceptors (Lipinski definition) is 2. The summed E-state index contributed by atoms with van der Waals surface area (Å²) in [5, 5.41) is 0. The van der Waals surface area contributed by atoms with E-state index in [9.17, 15) is 0 Å². The van der Waals surface area contributed by atoms with Crippen molar-refractivity contribution < 1.29 is 0 Å². The molecule has 0 amide bonds. The Hall–Kier alpha value is -1.44. The molecular weight excluding hydrogens is 292 g/mol. The van der Waals surface area contributed by atoms with E-state index in [4.69, 9.17) is 0 Å². The Morgan fingerprint density at radius 1 is 0.750 bits per heavy atom. The molecule has 0 aliphatic carbocycles. The highest BCUT2D eigenvalue weighted by Crippen LogP contribution is 2.28. The molecule has 0 aromatic heterocycles. The van der Waals surface area contributed by atoms with Gasteiger partial charge in [0.25, 0.3) is 0 Å². The second kappa shape index (κ2) is 11.2. The van der Waals surface area contributed by atoms with Crippen LogP contribution in [0, 0.1) is 0 Å². The van der Waals surface area contributed by atoms with Gasteiger partial charge in [-0.3, -0.25) is 0 Å². The molecule has 0 bridgehead atoms. The van der Waals surface area contributed by atoms with Crippen molar-refractivity contribution in [3.63, 3.8) is 0 Å². The lowest BCUT2D eigenvalue weighted by atomic mass is 10.1. The molecule has 2 nitrogen and oxygen atoms in total. The van der Waals surface area contributed by atoms with Crippen molar-refractivity contribution in [3.8, 4) is 0 Å². The highest BCUT2D eigenvalue weighted by Gasteiger charge is 2.26. The zero-order valence-corrected chi connectivity index (χ0v) is 15.8. The van der Waals surface area contributed by atoms with Crippen molar-refractivity contribution in [2.75, 3.05) is 11.4 Å². The van der Waals surface area contributed by atoms with Gasteiger partial charge in [0.1, 0.15) is 6.17 Å². The van der Waals surface area contributed by atoms with E-state index in [0.29, 0.717) is 6.17 Å². The fourth-order valence-electron chi connectivity index (χ4n) is 3.55. The Balaban J connectivity index is 1.88. The van der Waals surface area contributed by atoms with Crippen LogP contribution in [0.4, 0.5) is 5.69 Å². The van der Waals surface area contributed by atoms with E-state index in [1.54, 1.807) is 0 Å². The number of unbranched alkanes of at least 4 members (excludes halogenated alkanes) is 7. The minimum atomic E-state index is 0.510. The zero-order chi connectivity index (χ0) is 17.0. The Morgan fingerprint density at radius 2 is 1.42 bits per heavy atom. The van der Waals surface area contributed by atoms with E-state index in [2.05, 4.69) is 66.4 Å². The molecule has 1 heterocycles. The molecule has 0 N–H and O–H groups in total. The first-order valence-corrected chi connectivity index (χ1v) is 10.1. The lowest BCUT2D eigenvalue weighted by Crippen LogP contribution is -2.39. The monoisotopic (exact) mass is 328 g/mol. The van der Waals surface area contributed by atoms with Gasteiger partial charge in [0.05, 0.1) is 0 Å². The third kappa shape index (κ3) is 5.89. The molecule has 0 spiro atoms. The molecule has 0 radical (unpaired) electrons. The predicted octanol–water partition coefficient (Wildman–Crippen LogP) is 6.55. The molecule has 1 aliphatic heterocycles. The molecule has 1 unspecified atom stereocenters. The number of hydrogen-bond donors (Lipinski definition) is 0. The summed E-state index contributed by atoms with van der Waals surface area (Å²) in [6.45, 7) is 5.76. The summed E-state index contributed by atoms with van der Waals surface area (Å²) in [5.41, 5.74) is 1.32. The van der Waals surface area contributed by atoms with Crippen molar-refractivity contribution in [3.05, 3.63) is 42.7 Å². The van der Waals surface area contributed by atoms with Crippen molar-refractivity contribution in [2.24, 2.45) is 0 Å². The summed E-state index contributed by atoms with van der Waals surface area (Å²) < 4.78 is 0. The van der Waals surface area contributed by atoms with Gasteiger partial charge in [-0.15, -0.1) is 0 Å². The maximum Gasteiger partial charge on any atom is 0.105 e. The minimum Gasteiger partial charge on any atom is -0.356 e. The molecule has 0 saturated heterocycles. The average Bonchev–Trinajstić information content (AvgIpc) is 3.02. The van der Waals surface area contributed by atoms with Crippen LogP contribution in [0.3, 0.4) is 0 Å². The van der Waals surface area contributed by atoms with Gasteiger partial charge in [-0.25, -0.2) is 0 Å². The van der Waals surface area contributed by atoms with Crippen LogP contribution in [0.25, 0.3) is 0 Å². The first kappa shape index (κ1) is 18.9. The summed E-state index contributed by atoms with van der Waals surface area (Å²) in [7, 11) is 0. The van der Waals surface area contributed by atoms with E-state index in [1.165, 1.54) is 76.4 Å². The Morgan fingerprint density at radius 3 is 2.17 bits per heavy atom. The average molecular weight is 329 g/mol. The Kier molecular flexibility index (Phi) is 8.80. The van der Waals surface area contributed by atoms with Gasteiger partial charge in [0, 0.05) is 24.6 Å². The number of para-hydroxylation sites is 1. The number of nitrogens with zero attached hydrogens (tertiary/aromatic N) is 2. The molecule has 24 heavy (non-hydrogen) atoms. The molecular formula is C22H36N2. The summed E-state index contributed by atoms with van der Waals surface area (Å²) in [4.78, 5) is 5.03. The third-order valence-electron chi connectivity index (χ3n) is 5.01. The topological polar surface area (TPSA) is 6.48 Å². The predicted molar refractivity (Wildman–Crippen MR) is 106 cm³/mol. The fourth-order valence-corrected chi connectivity index (χ4v) is 3.55. The van der Waals surface area contributed by atoms with E-state index in [0.717, 1.165) is 0 Å². The normalized spacial score (nSPS) is 17.0. The van der Waals surface area contributed by atoms with Gasteiger partial charge < -0.3 is 9.80 Å². The summed E-state index contributed by atoms with van der Waals surface area (Å²) >= 11 is 0. The Bertz CT molecular complexity index is 454. The van der Waals surface area contributed by atoms with Crippen LogP contribution in [0.1, 0.15) is 78.1 Å². The number of benzene rings is 1. The van der Waals surface area contributed by atoms with Crippen LogP contribution < -0.4 is 4.90 Å². The molecule has 134 valence electrons. The molecule has 1 atom stereocenters. The van der Waals surface area contributed by atoms with Crippen LogP contribution >= 0.6 is 0 Å². The van der Waals surface area contributed by atoms with Crippen molar-refractivity contribution in [1.82, 2.24) is 4.90 Å². The second-order valence-corrected chi connectivity index (χ2v) is 7.02. The van der Waals surface area contributed by atoms with E-state index >= 15 is 0 Å². The van der Waals surface area contributed by atoms with Crippen LogP contribution in [0.15, 0.2) is 42.7 Å². The van der Waals surface area contributed by atoms with E-state index < -0.39 is 0 Å². The molecule has 2 heteroatoms. The van der Waals surface area contributed by atoms with Crippen LogP contribution in [-0.2, 0) is 0 Å². The Labute approximate surface area is 149 Å². The van der Waals surface area contributed by atoms with Crippen molar-refractivity contribution in [2.45, 2.75) is 84.2 Å². The van der Waals surface area contributed by atoms with Gasteiger partial charge in [0.2, 0.25) is 0 Å². The van der Waals surface area contributed by atoms with Gasteiger partial charge in [-0.2, -0.15) is 0 Å². The van der Waals surface area contributed by atoms with Gasteiger partial charge in [-0.05, 0) is 31.4 Å². The third-order valence-corrected chi connectivity index (χ3v) is 5.01. The molecule has 1 aromatic carbocycles. The smallest absolute Gasteiger partial charge is 0.105 e. The van der Waals surface area contributed by atoms with Crippen LogP contribution in [-0.4, -0.2) is 17.6 Å². The molecule has 0 saturated carbocycles. The maximum absolute atomic E-state index is 2.56. The number of anilines is 1. The summed E-state index contributed by atoms with van der Waals surface area (Å²) in [6.07, 6.45) is 18.5. The quantitative estimate of drug-likeness (QED) is 0.402. The SMILES string of the molecule is CCCCCCCCC1N(CCCCC)C=CN1c1ccccc1. The van der Waals surface area contributed by atoms with Gasteiger partial charge in [0.15, 0.2) is 0 Å². The lowest BCUT2D eigenvalue weighted by molar-refractivity contribution is 0.274.